The van der Waals surface area contributed by atoms with Gasteiger partial charge in [0, 0.05) is 19.8 Å². The van der Waals surface area contributed by atoms with Gasteiger partial charge in [-0.15, -0.1) is 0 Å². The van der Waals surface area contributed by atoms with Gasteiger partial charge in [0.05, 0.1) is 0 Å². The van der Waals surface area contributed by atoms with E-state index in [1.807, 2.05) is 0 Å². The summed E-state index contributed by atoms with van der Waals surface area (Å²) in [6.45, 7) is 2.33. The Labute approximate surface area is 92.3 Å². The Kier molecular flexibility index (Phi) is 3.27. The summed E-state index contributed by atoms with van der Waals surface area (Å²) in [7, 11) is 4.20. The molecule has 1 saturated heterocycles. The molecule has 1 heterocycles. The van der Waals surface area contributed by atoms with Crippen molar-refractivity contribution in [1.29, 1.82) is 0 Å². The van der Waals surface area contributed by atoms with E-state index in [0.29, 0.717) is 0 Å². The molecule has 1 aromatic carbocycles. The minimum atomic E-state index is 0.756. The molecule has 1 N–H and O–H groups in total. The van der Waals surface area contributed by atoms with Gasteiger partial charge in [-0.2, -0.15) is 0 Å². The molecule has 0 aliphatic carbocycles. The van der Waals surface area contributed by atoms with Crippen molar-refractivity contribution in [3.63, 3.8) is 0 Å². The van der Waals surface area contributed by atoms with Crippen LogP contribution in [0.1, 0.15) is 24.3 Å². The van der Waals surface area contributed by atoms with Crippen LogP contribution >= 0.6 is 0 Å². The van der Waals surface area contributed by atoms with E-state index in [1.54, 1.807) is 0 Å². The fourth-order valence-corrected chi connectivity index (χ4v) is 2.21. The lowest BCUT2D eigenvalue weighted by molar-refractivity contribution is 0.460. The largest absolute Gasteiger partial charge is 0.378 e. The van der Waals surface area contributed by atoms with Gasteiger partial charge in [0.1, 0.15) is 0 Å². The van der Waals surface area contributed by atoms with E-state index < -0.39 is 0 Å². The van der Waals surface area contributed by atoms with Crippen molar-refractivity contribution in [3.8, 4) is 0 Å². The summed E-state index contributed by atoms with van der Waals surface area (Å²) < 4.78 is 0. The highest BCUT2D eigenvalue weighted by atomic mass is 15.1. The highest BCUT2D eigenvalue weighted by molar-refractivity contribution is 5.48. The number of rotatable bonds is 2. The molecular formula is C13H20N2. The van der Waals surface area contributed by atoms with Crippen molar-refractivity contribution in [2.24, 2.45) is 0 Å². The van der Waals surface area contributed by atoms with Gasteiger partial charge in [-0.1, -0.05) is 12.1 Å². The Morgan fingerprint density at radius 3 is 2.60 bits per heavy atom. The molecule has 1 aliphatic rings. The monoisotopic (exact) mass is 204 g/mol. The first-order valence-electron chi connectivity index (χ1n) is 5.75. The van der Waals surface area contributed by atoms with Crippen molar-refractivity contribution in [1.82, 2.24) is 5.32 Å². The second-order valence-corrected chi connectivity index (χ2v) is 4.51. The molecule has 2 rings (SSSR count). The maximum absolute atomic E-state index is 3.41. The second-order valence-electron chi connectivity index (χ2n) is 4.51. The van der Waals surface area contributed by atoms with E-state index in [1.165, 1.54) is 24.1 Å². The molecule has 15 heavy (non-hydrogen) atoms. The summed E-state index contributed by atoms with van der Waals surface area (Å²) in [5, 5.41) is 3.41. The molecule has 1 aliphatic heterocycles. The van der Waals surface area contributed by atoms with E-state index in [9.17, 15) is 0 Å². The Hall–Kier alpha value is -1.02. The van der Waals surface area contributed by atoms with Gasteiger partial charge in [-0.05, 0) is 49.5 Å². The molecule has 0 atom stereocenters. The smallest absolute Gasteiger partial charge is 0.0363 e. The van der Waals surface area contributed by atoms with Crippen LogP contribution in [-0.2, 0) is 0 Å². The maximum Gasteiger partial charge on any atom is 0.0363 e. The molecular weight excluding hydrogens is 184 g/mol. The van der Waals surface area contributed by atoms with Crippen LogP contribution in [0.15, 0.2) is 24.3 Å². The fraction of sp³-hybridized carbons (Fsp3) is 0.538. The van der Waals surface area contributed by atoms with E-state index in [-0.39, 0.29) is 0 Å². The van der Waals surface area contributed by atoms with Crippen LogP contribution in [0, 0.1) is 0 Å². The molecule has 2 nitrogen and oxygen atoms in total. The Morgan fingerprint density at radius 2 is 1.93 bits per heavy atom. The van der Waals surface area contributed by atoms with Crippen molar-refractivity contribution >= 4 is 5.69 Å². The Bertz CT molecular complexity index is 314. The summed E-state index contributed by atoms with van der Waals surface area (Å²) >= 11 is 0. The van der Waals surface area contributed by atoms with Crippen molar-refractivity contribution in [2.75, 3.05) is 32.1 Å². The Balaban J connectivity index is 2.16. The van der Waals surface area contributed by atoms with Crippen LogP contribution in [0.25, 0.3) is 0 Å². The molecule has 2 heteroatoms. The first-order valence-corrected chi connectivity index (χ1v) is 5.75. The van der Waals surface area contributed by atoms with Gasteiger partial charge in [0.15, 0.2) is 0 Å². The zero-order valence-corrected chi connectivity index (χ0v) is 9.66. The van der Waals surface area contributed by atoms with Crippen LogP contribution in [0.4, 0.5) is 5.69 Å². The van der Waals surface area contributed by atoms with Gasteiger partial charge < -0.3 is 10.2 Å². The first-order chi connectivity index (χ1) is 7.27. The van der Waals surface area contributed by atoms with Crippen molar-refractivity contribution in [3.05, 3.63) is 29.8 Å². The lowest BCUT2D eigenvalue weighted by Gasteiger charge is -2.24. The molecule has 1 aromatic rings. The number of anilines is 1. The third-order valence-electron chi connectivity index (χ3n) is 3.20. The summed E-state index contributed by atoms with van der Waals surface area (Å²) in [5.74, 6) is 0.756. The molecule has 0 aromatic heterocycles. The molecule has 1 fully saturated rings. The first kappa shape index (κ1) is 10.5. The second kappa shape index (κ2) is 4.67. The predicted octanol–water partition coefficient (Wildman–Crippen LogP) is 2.22. The van der Waals surface area contributed by atoms with Gasteiger partial charge in [0.2, 0.25) is 0 Å². The molecule has 0 radical (unpaired) electrons. The standard InChI is InChI=1S/C13H20N2/c1-15(2)13-5-3-4-12(10-13)11-6-8-14-9-7-11/h3-5,10-11,14H,6-9H2,1-2H3. The fourth-order valence-electron chi connectivity index (χ4n) is 2.21. The number of piperidine rings is 1. The number of nitrogens with one attached hydrogen (secondary N) is 1. The van der Waals surface area contributed by atoms with Crippen LogP contribution in [0.3, 0.4) is 0 Å². The SMILES string of the molecule is CN(C)c1cccc(C2CCNCC2)c1. The highest BCUT2D eigenvalue weighted by Crippen LogP contribution is 2.27. The average molecular weight is 204 g/mol. The lowest BCUT2D eigenvalue weighted by Crippen LogP contribution is -2.26. The van der Waals surface area contributed by atoms with Gasteiger partial charge >= 0.3 is 0 Å². The van der Waals surface area contributed by atoms with Crippen molar-refractivity contribution < 1.29 is 0 Å². The van der Waals surface area contributed by atoms with Crippen LogP contribution in [0.5, 0.6) is 0 Å². The third-order valence-corrected chi connectivity index (χ3v) is 3.20. The van der Waals surface area contributed by atoms with Gasteiger partial charge in [-0.25, -0.2) is 0 Å². The van der Waals surface area contributed by atoms with E-state index in [4.69, 9.17) is 0 Å². The maximum atomic E-state index is 3.41. The minimum Gasteiger partial charge on any atom is -0.378 e. The zero-order chi connectivity index (χ0) is 10.7. The summed E-state index contributed by atoms with van der Waals surface area (Å²) in [6, 6.07) is 8.94. The van der Waals surface area contributed by atoms with Gasteiger partial charge in [0.25, 0.3) is 0 Å². The number of benzene rings is 1. The summed E-state index contributed by atoms with van der Waals surface area (Å²) in [5.41, 5.74) is 2.81. The molecule has 0 bridgehead atoms. The Morgan fingerprint density at radius 1 is 1.20 bits per heavy atom. The molecule has 0 unspecified atom stereocenters. The molecule has 0 spiro atoms. The van der Waals surface area contributed by atoms with Crippen LogP contribution in [0.2, 0.25) is 0 Å². The van der Waals surface area contributed by atoms with Crippen LogP contribution in [-0.4, -0.2) is 27.2 Å². The normalized spacial score (nSPS) is 17.7. The molecule has 0 amide bonds. The predicted molar refractivity (Wildman–Crippen MR) is 65.6 cm³/mol. The summed E-state index contributed by atoms with van der Waals surface area (Å²) in [4.78, 5) is 2.17. The zero-order valence-electron chi connectivity index (χ0n) is 9.66. The van der Waals surface area contributed by atoms with Crippen molar-refractivity contribution in [2.45, 2.75) is 18.8 Å². The van der Waals surface area contributed by atoms with Crippen LogP contribution < -0.4 is 10.2 Å². The highest BCUT2D eigenvalue weighted by Gasteiger charge is 2.15. The van der Waals surface area contributed by atoms with E-state index >= 15 is 0 Å². The van der Waals surface area contributed by atoms with E-state index in [0.717, 1.165) is 19.0 Å². The summed E-state index contributed by atoms with van der Waals surface area (Å²) in [6.07, 6.45) is 2.55. The number of hydrogen-bond donors (Lipinski definition) is 1. The lowest BCUT2D eigenvalue weighted by atomic mass is 9.90. The third kappa shape index (κ3) is 2.51. The number of hydrogen-bond acceptors (Lipinski definition) is 2. The quantitative estimate of drug-likeness (QED) is 0.794. The van der Waals surface area contributed by atoms with E-state index in [2.05, 4.69) is 48.6 Å². The average Bonchev–Trinajstić information content (AvgIpc) is 2.30. The molecule has 0 saturated carbocycles. The topological polar surface area (TPSA) is 15.3 Å². The number of nitrogens with zero attached hydrogens (tertiary/aromatic N) is 1. The molecule has 82 valence electrons. The minimum absolute atomic E-state index is 0.756. The van der Waals surface area contributed by atoms with Gasteiger partial charge in [-0.3, -0.25) is 0 Å².